The van der Waals surface area contributed by atoms with Gasteiger partial charge in [-0.3, -0.25) is 9.59 Å². The van der Waals surface area contributed by atoms with Gasteiger partial charge in [-0.25, -0.2) is 0 Å². The van der Waals surface area contributed by atoms with E-state index in [1.165, 1.54) is 24.3 Å². The summed E-state index contributed by atoms with van der Waals surface area (Å²) in [6.45, 7) is 0.888. The van der Waals surface area contributed by atoms with Gasteiger partial charge in [-0.05, 0) is 36.4 Å². The lowest BCUT2D eigenvalue weighted by atomic mass is 10.1. The highest BCUT2D eigenvalue weighted by molar-refractivity contribution is 6.09. The molecule has 2 amide bonds. The van der Waals surface area contributed by atoms with Crippen LogP contribution in [-0.4, -0.2) is 25.0 Å². The van der Waals surface area contributed by atoms with Crippen molar-refractivity contribution in [1.29, 1.82) is 0 Å². The monoisotopic (exact) mass is 346 g/mol. The number of ether oxygens (including phenoxy) is 1. The van der Waals surface area contributed by atoms with Crippen molar-refractivity contribution in [2.24, 2.45) is 0 Å². The molecule has 2 aromatic carbocycles. The highest BCUT2D eigenvalue weighted by Crippen LogP contribution is 2.18. The average molecular weight is 346 g/mol. The third-order valence-electron chi connectivity index (χ3n) is 3.17. The maximum atomic E-state index is 12.3. The summed E-state index contributed by atoms with van der Waals surface area (Å²) in [5, 5.41) is 5.26. The number of anilines is 1. The lowest BCUT2D eigenvalue weighted by Gasteiger charge is -2.11. The Morgan fingerprint density at radius 3 is 2.40 bits per heavy atom. The fourth-order valence-electron chi connectivity index (χ4n) is 2.03. The molecule has 2 aromatic rings. The Labute approximate surface area is 143 Å². The normalized spacial score (nSPS) is 10.2. The molecule has 0 saturated heterocycles. The fraction of sp³-hybridized carbons (Fsp3) is 0.111. The van der Waals surface area contributed by atoms with E-state index < -0.39 is 12.5 Å². The maximum absolute atomic E-state index is 12.3. The van der Waals surface area contributed by atoms with Crippen molar-refractivity contribution in [3.05, 3.63) is 72.3 Å². The molecule has 0 spiro atoms. The third kappa shape index (κ3) is 5.13. The number of nitrogens with one attached hydrogen (secondary N) is 2. The van der Waals surface area contributed by atoms with Crippen LogP contribution in [0.5, 0.6) is 5.75 Å². The molecule has 7 heteroatoms. The summed E-state index contributed by atoms with van der Waals surface area (Å²) in [5.74, 6) is -0.875. The third-order valence-corrected chi connectivity index (χ3v) is 3.17. The zero-order valence-corrected chi connectivity index (χ0v) is 13.2. The first-order valence-electron chi connectivity index (χ1n) is 7.35. The van der Waals surface area contributed by atoms with Gasteiger partial charge in [0.1, 0.15) is 5.75 Å². The number of hydrogen-bond donors (Lipinski definition) is 2. The van der Waals surface area contributed by atoms with Crippen molar-refractivity contribution in [3.8, 4) is 5.75 Å². The summed E-state index contributed by atoms with van der Waals surface area (Å²) in [6.07, 6.45) is 1.54. The number of halogens is 2. The Balaban J connectivity index is 2.12. The van der Waals surface area contributed by atoms with Crippen LogP contribution in [0.15, 0.2) is 61.2 Å². The first-order valence-corrected chi connectivity index (χ1v) is 7.35. The SMILES string of the molecule is C=CCNC(=O)c1ccccc1NC(=O)c1ccc(OC(F)F)cc1. The summed E-state index contributed by atoms with van der Waals surface area (Å²) in [4.78, 5) is 24.4. The lowest BCUT2D eigenvalue weighted by molar-refractivity contribution is -0.0498. The number of amides is 2. The zero-order valence-electron chi connectivity index (χ0n) is 13.2. The van der Waals surface area contributed by atoms with Gasteiger partial charge in [-0.2, -0.15) is 8.78 Å². The van der Waals surface area contributed by atoms with Crippen molar-refractivity contribution in [1.82, 2.24) is 5.32 Å². The minimum absolute atomic E-state index is 0.0456. The second kappa shape index (κ2) is 8.58. The largest absolute Gasteiger partial charge is 0.435 e. The van der Waals surface area contributed by atoms with E-state index in [9.17, 15) is 18.4 Å². The Kier molecular flexibility index (Phi) is 6.22. The molecule has 0 bridgehead atoms. The first kappa shape index (κ1) is 18.1. The van der Waals surface area contributed by atoms with Crippen LogP contribution in [0.2, 0.25) is 0 Å². The highest BCUT2D eigenvalue weighted by Gasteiger charge is 2.14. The molecular weight excluding hydrogens is 330 g/mol. The molecule has 0 saturated carbocycles. The molecule has 25 heavy (non-hydrogen) atoms. The summed E-state index contributed by atoms with van der Waals surface area (Å²) in [7, 11) is 0. The van der Waals surface area contributed by atoms with Crippen molar-refractivity contribution in [3.63, 3.8) is 0 Å². The van der Waals surface area contributed by atoms with E-state index in [1.807, 2.05) is 0 Å². The van der Waals surface area contributed by atoms with Gasteiger partial charge in [-0.15, -0.1) is 6.58 Å². The molecular formula is C18H16F2N2O3. The number of rotatable bonds is 7. The van der Waals surface area contributed by atoms with Crippen LogP contribution in [0, 0.1) is 0 Å². The minimum atomic E-state index is -2.93. The molecule has 0 aliphatic heterocycles. The first-order chi connectivity index (χ1) is 12.0. The van der Waals surface area contributed by atoms with E-state index in [2.05, 4.69) is 21.9 Å². The van der Waals surface area contributed by atoms with E-state index in [-0.39, 0.29) is 17.2 Å². The van der Waals surface area contributed by atoms with Crippen LogP contribution in [0.1, 0.15) is 20.7 Å². The predicted octanol–water partition coefficient (Wildman–Crippen LogP) is 3.46. The minimum Gasteiger partial charge on any atom is -0.435 e. The van der Waals surface area contributed by atoms with Gasteiger partial charge in [0.25, 0.3) is 11.8 Å². The van der Waals surface area contributed by atoms with Crippen molar-refractivity contribution >= 4 is 17.5 Å². The van der Waals surface area contributed by atoms with Gasteiger partial charge < -0.3 is 15.4 Å². The molecule has 0 atom stereocenters. The summed E-state index contributed by atoms with van der Waals surface area (Å²) in [6, 6.07) is 11.8. The smallest absolute Gasteiger partial charge is 0.387 e. The van der Waals surface area contributed by atoms with Gasteiger partial charge in [0.15, 0.2) is 0 Å². The van der Waals surface area contributed by atoms with Gasteiger partial charge in [0, 0.05) is 12.1 Å². The molecule has 130 valence electrons. The highest BCUT2D eigenvalue weighted by atomic mass is 19.3. The summed E-state index contributed by atoms with van der Waals surface area (Å²) < 4.78 is 28.5. The van der Waals surface area contributed by atoms with Crippen LogP contribution in [0.25, 0.3) is 0 Å². The van der Waals surface area contributed by atoms with Gasteiger partial charge in [-0.1, -0.05) is 18.2 Å². The molecule has 0 aromatic heterocycles. The van der Waals surface area contributed by atoms with Gasteiger partial charge in [0.2, 0.25) is 0 Å². The van der Waals surface area contributed by atoms with Gasteiger partial charge >= 0.3 is 6.61 Å². The molecule has 0 fully saturated rings. The number of carbonyl (C=O) groups excluding carboxylic acids is 2. The van der Waals surface area contributed by atoms with Crippen molar-refractivity contribution in [2.45, 2.75) is 6.61 Å². The van der Waals surface area contributed by atoms with Crippen molar-refractivity contribution in [2.75, 3.05) is 11.9 Å². The van der Waals surface area contributed by atoms with Crippen LogP contribution in [-0.2, 0) is 0 Å². The Morgan fingerprint density at radius 2 is 1.76 bits per heavy atom. The molecule has 0 aliphatic rings. The van der Waals surface area contributed by atoms with E-state index in [1.54, 1.807) is 30.3 Å². The molecule has 0 radical (unpaired) electrons. The standard InChI is InChI=1S/C18H16F2N2O3/c1-2-11-21-17(24)14-5-3-4-6-15(14)22-16(23)12-7-9-13(10-8-12)25-18(19)20/h2-10,18H,1,11H2,(H,21,24)(H,22,23). The van der Waals surface area contributed by atoms with E-state index in [0.29, 0.717) is 17.8 Å². The second-order valence-corrected chi connectivity index (χ2v) is 4.90. The molecule has 2 rings (SSSR count). The topological polar surface area (TPSA) is 67.4 Å². The number of alkyl halides is 2. The van der Waals surface area contributed by atoms with E-state index >= 15 is 0 Å². The zero-order chi connectivity index (χ0) is 18.2. The second-order valence-electron chi connectivity index (χ2n) is 4.90. The summed E-state index contributed by atoms with van der Waals surface area (Å²) >= 11 is 0. The summed E-state index contributed by atoms with van der Waals surface area (Å²) in [5.41, 5.74) is 0.875. The van der Waals surface area contributed by atoms with E-state index in [0.717, 1.165) is 0 Å². The number of para-hydroxylation sites is 1. The van der Waals surface area contributed by atoms with Crippen LogP contribution >= 0.6 is 0 Å². The molecule has 5 nitrogen and oxygen atoms in total. The van der Waals surface area contributed by atoms with E-state index in [4.69, 9.17) is 0 Å². The fourth-order valence-corrected chi connectivity index (χ4v) is 2.03. The van der Waals surface area contributed by atoms with Crippen molar-refractivity contribution < 1.29 is 23.1 Å². The molecule has 0 heterocycles. The van der Waals surface area contributed by atoms with Gasteiger partial charge in [0.05, 0.1) is 11.3 Å². The quantitative estimate of drug-likeness (QED) is 0.755. The lowest BCUT2D eigenvalue weighted by Crippen LogP contribution is -2.25. The molecule has 0 unspecified atom stereocenters. The Morgan fingerprint density at radius 1 is 1.08 bits per heavy atom. The molecule has 2 N–H and O–H groups in total. The maximum Gasteiger partial charge on any atom is 0.387 e. The van der Waals surface area contributed by atoms with Crippen LogP contribution in [0.3, 0.4) is 0 Å². The number of benzene rings is 2. The Bertz CT molecular complexity index is 761. The van der Waals surface area contributed by atoms with Crippen LogP contribution in [0.4, 0.5) is 14.5 Å². The van der Waals surface area contributed by atoms with Crippen LogP contribution < -0.4 is 15.4 Å². The number of carbonyl (C=O) groups is 2. The Hall–Kier alpha value is -3.22. The predicted molar refractivity (Wildman–Crippen MR) is 90.0 cm³/mol. The molecule has 0 aliphatic carbocycles. The average Bonchev–Trinajstić information content (AvgIpc) is 2.60. The number of hydrogen-bond acceptors (Lipinski definition) is 3.